The molecule has 152 valence electrons. The van der Waals surface area contributed by atoms with Crippen LogP contribution in [0.5, 0.6) is 0 Å². The van der Waals surface area contributed by atoms with Crippen molar-refractivity contribution >= 4 is 32.5 Å². The van der Waals surface area contributed by atoms with Crippen LogP contribution in [0.25, 0.3) is 16.7 Å². The zero-order valence-corrected chi connectivity index (χ0v) is 16.7. The standard InChI is InChI=1S/C20H17N5O4S/c1-30(28,29)16-9-7-14(8-10-16)23-18(26)12-24-13-21-19-17(20(24)27)11-22-25(19)15-5-3-2-4-6-15/h2-11,13H,12H2,1H3,(H,23,26). The van der Waals surface area contributed by atoms with Gasteiger partial charge in [0.15, 0.2) is 15.5 Å². The van der Waals surface area contributed by atoms with Gasteiger partial charge in [-0.1, -0.05) is 18.2 Å². The second-order valence-electron chi connectivity index (χ2n) is 6.65. The summed E-state index contributed by atoms with van der Waals surface area (Å²) in [5.74, 6) is -0.444. The van der Waals surface area contributed by atoms with E-state index in [1.165, 1.54) is 41.4 Å². The summed E-state index contributed by atoms with van der Waals surface area (Å²) in [6.07, 6.45) is 3.84. The van der Waals surface area contributed by atoms with Crippen LogP contribution in [0.2, 0.25) is 0 Å². The molecule has 0 aliphatic heterocycles. The number of fused-ring (bicyclic) bond motifs is 1. The molecule has 10 heteroatoms. The molecular formula is C20H17N5O4S. The van der Waals surface area contributed by atoms with Gasteiger partial charge in [0.05, 0.1) is 16.8 Å². The number of anilines is 1. The van der Waals surface area contributed by atoms with Gasteiger partial charge in [0.25, 0.3) is 5.56 Å². The first-order valence-electron chi connectivity index (χ1n) is 8.91. The second-order valence-corrected chi connectivity index (χ2v) is 8.67. The van der Waals surface area contributed by atoms with Crippen LogP contribution >= 0.6 is 0 Å². The van der Waals surface area contributed by atoms with Gasteiger partial charge in [0.1, 0.15) is 18.3 Å². The van der Waals surface area contributed by atoms with Crippen LogP contribution in [0, 0.1) is 0 Å². The maximum atomic E-state index is 12.7. The molecule has 4 aromatic rings. The molecule has 0 spiro atoms. The quantitative estimate of drug-likeness (QED) is 0.522. The molecule has 0 radical (unpaired) electrons. The molecule has 0 saturated carbocycles. The Morgan fingerprint density at radius 1 is 1.07 bits per heavy atom. The molecule has 0 fully saturated rings. The van der Waals surface area contributed by atoms with Crippen LogP contribution in [0.4, 0.5) is 5.69 Å². The van der Waals surface area contributed by atoms with Gasteiger partial charge >= 0.3 is 0 Å². The molecule has 0 unspecified atom stereocenters. The monoisotopic (exact) mass is 423 g/mol. The van der Waals surface area contributed by atoms with Gasteiger partial charge in [-0.05, 0) is 36.4 Å². The van der Waals surface area contributed by atoms with Crippen LogP contribution in [0.3, 0.4) is 0 Å². The van der Waals surface area contributed by atoms with E-state index in [0.29, 0.717) is 16.7 Å². The summed E-state index contributed by atoms with van der Waals surface area (Å²) in [6, 6.07) is 15.1. The number of nitrogens with one attached hydrogen (secondary N) is 1. The Bertz CT molecular complexity index is 1390. The Hall–Kier alpha value is -3.79. The second kappa shape index (κ2) is 7.56. The van der Waals surface area contributed by atoms with E-state index in [-0.39, 0.29) is 17.0 Å². The predicted octanol–water partition coefficient (Wildman–Crippen LogP) is 1.62. The van der Waals surface area contributed by atoms with Gasteiger partial charge in [0, 0.05) is 11.9 Å². The number of sulfone groups is 1. The third-order valence-electron chi connectivity index (χ3n) is 4.44. The fraction of sp³-hybridized carbons (Fsp3) is 0.100. The third-order valence-corrected chi connectivity index (χ3v) is 5.56. The molecule has 0 aliphatic rings. The molecule has 1 N–H and O–H groups in total. The molecule has 4 rings (SSSR count). The minimum absolute atomic E-state index is 0.154. The van der Waals surface area contributed by atoms with E-state index >= 15 is 0 Å². The highest BCUT2D eigenvalue weighted by Crippen LogP contribution is 2.15. The molecule has 0 saturated heterocycles. The number of carbonyl (C=O) groups is 1. The van der Waals surface area contributed by atoms with Crippen molar-refractivity contribution in [2.24, 2.45) is 0 Å². The maximum Gasteiger partial charge on any atom is 0.264 e. The molecule has 9 nitrogen and oxygen atoms in total. The Morgan fingerprint density at radius 3 is 2.43 bits per heavy atom. The first-order valence-corrected chi connectivity index (χ1v) is 10.8. The molecule has 2 aromatic carbocycles. The van der Waals surface area contributed by atoms with Crippen molar-refractivity contribution in [3.63, 3.8) is 0 Å². The highest BCUT2D eigenvalue weighted by Gasteiger charge is 2.13. The van der Waals surface area contributed by atoms with E-state index in [1.807, 2.05) is 30.3 Å². The fourth-order valence-electron chi connectivity index (χ4n) is 2.96. The molecule has 2 heterocycles. The zero-order valence-electron chi connectivity index (χ0n) is 15.9. The lowest BCUT2D eigenvalue weighted by Crippen LogP contribution is -2.27. The summed E-state index contributed by atoms with van der Waals surface area (Å²) >= 11 is 0. The zero-order chi connectivity index (χ0) is 21.3. The summed E-state index contributed by atoms with van der Waals surface area (Å²) in [5, 5.41) is 7.16. The van der Waals surface area contributed by atoms with Crippen molar-refractivity contribution in [3.05, 3.63) is 77.5 Å². The Morgan fingerprint density at radius 2 is 1.77 bits per heavy atom. The molecule has 0 bridgehead atoms. The van der Waals surface area contributed by atoms with Crippen LogP contribution in [0.15, 0.2) is 76.8 Å². The van der Waals surface area contributed by atoms with Crippen molar-refractivity contribution in [1.29, 1.82) is 0 Å². The van der Waals surface area contributed by atoms with E-state index in [9.17, 15) is 18.0 Å². The topological polar surface area (TPSA) is 116 Å². The number of rotatable bonds is 5. The van der Waals surface area contributed by atoms with Crippen LogP contribution in [-0.4, -0.2) is 39.9 Å². The fourth-order valence-corrected chi connectivity index (χ4v) is 3.59. The van der Waals surface area contributed by atoms with Crippen molar-refractivity contribution in [2.75, 3.05) is 11.6 Å². The summed E-state index contributed by atoms with van der Waals surface area (Å²) in [7, 11) is -3.32. The largest absolute Gasteiger partial charge is 0.325 e. The molecule has 30 heavy (non-hydrogen) atoms. The van der Waals surface area contributed by atoms with Gasteiger partial charge in [0.2, 0.25) is 5.91 Å². The average Bonchev–Trinajstić information content (AvgIpc) is 3.15. The van der Waals surface area contributed by atoms with Crippen LogP contribution < -0.4 is 10.9 Å². The van der Waals surface area contributed by atoms with Crippen molar-refractivity contribution in [1.82, 2.24) is 19.3 Å². The number of amides is 1. The minimum Gasteiger partial charge on any atom is -0.325 e. The number of benzene rings is 2. The van der Waals surface area contributed by atoms with Gasteiger partial charge in [-0.15, -0.1) is 0 Å². The first kappa shape index (κ1) is 19.5. The lowest BCUT2D eigenvalue weighted by atomic mass is 10.3. The Balaban J connectivity index is 1.55. The van der Waals surface area contributed by atoms with Crippen LogP contribution in [0.1, 0.15) is 0 Å². The van der Waals surface area contributed by atoms with Gasteiger partial charge in [-0.25, -0.2) is 18.1 Å². The molecule has 0 aliphatic carbocycles. The smallest absolute Gasteiger partial charge is 0.264 e. The highest BCUT2D eigenvalue weighted by atomic mass is 32.2. The number of hydrogen-bond acceptors (Lipinski definition) is 6. The summed E-state index contributed by atoms with van der Waals surface area (Å²) in [6.45, 7) is -0.244. The van der Waals surface area contributed by atoms with E-state index in [2.05, 4.69) is 15.4 Å². The van der Waals surface area contributed by atoms with Crippen molar-refractivity contribution < 1.29 is 13.2 Å². The Kier molecular flexibility index (Phi) is 4.92. The Labute approximate surface area is 171 Å². The summed E-state index contributed by atoms with van der Waals surface area (Å²) < 4.78 is 25.8. The number of nitrogens with zero attached hydrogens (tertiary/aromatic N) is 4. The van der Waals surface area contributed by atoms with E-state index in [1.54, 1.807) is 4.68 Å². The first-order chi connectivity index (χ1) is 14.3. The highest BCUT2D eigenvalue weighted by molar-refractivity contribution is 7.90. The normalized spacial score (nSPS) is 11.5. The average molecular weight is 423 g/mol. The lowest BCUT2D eigenvalue weighted by Gasteiger charge is -2.08. The number of hydrogen-bond donors (Lipinski definition) is 1. The van der Waals surface area contributed by atoms with Gasteiger partial charge in [-0.2, -0.15) is 5.10 Å². The number of aromatic nitrogens is 4. The lowest BCUT2D eigenvalue weighted by molar-refractivity contribution is -0.116. The molecule has 2 aromatic heterocycles. The van der Waals surface area contributed by atoms with Crippen molar-refractivity contribution in [2.45, 2.75) is 11.4 Å². The van der Waals surface area contributed by atoms with E-state index in [4.69, 9.17) is 0 Å². The molecular weight excluding hydrogens is 406 g/mol. The molecule has 0 atom stereocenters. The number of para-hydroxylation sites is 1. The van der Waals surface area contributed by atoms with E-state index < -0.39 is 15.7 Å². The molecule has 1 amide bonds. The third kappa shape index (κ3) is 3.85. The minimum atomic E-state index is -3.32. The SMILES string of the molecule is CS(=O)(=O)c1ccc(NC(=O)Cn2cnc3c(cnn3-c3ccccc3)c2=O)cc1. The van der Waals surface area contributed by atoms with Gasteiger partial charge < -0.3 is 5.32 Å². The van der Waals surface area contributed by atoms with Gasteiger partial charge in [-0.3, -0.25) is 14.2 Å². The predicted molar refractivity (Wildman–Crippen MR) is 111 cm³/mol. The summed E-state index contributed by atoms with van der Waals surface area (Å²) in [4.78, 5) is 29.5. The maximum absolute atomic E-state index is 12.7. The van der Waals surface area contributed by atoms with Crippen LogP contribution in [-0.2, 0) is 21.2 Å². The van der Waals surface area contributed by atoms with E-state index in [0.717, 1.165) is 11.9 Å². The van der Waals surface area contributed by atoms with Crippen molar-refractivity contribution in [3.8, 4) is 5.69 Å². The summed E-state index contributed by atoms with van der Waals surface area (Å²) in [5.41, 5.74) is 1.21. The number of carbonyl (C=O) groups excluding carboxylic acids is 1.